The van der Waals surface area contributed by atoms with Crippen molar-refractivity contribution < 1.29 is 90.0 Å². The monoisotopic (exact) mass is 933 g/mol. The number of methoxy groups -OCH3 is 7. The molecule has 0 N–H and O–H groups in total. The van der Waals surface area contributed by atoms with Crippen molar-refractivity contribution in [2.24, 2.45) is 0 Å². The largest absolute Gasteiger partial charge is 0.368 e. The van der Waals surface area contributed by atoms with E-state index in [4.69, 9.17) is 90.0 Å². The molecule has 0 heterocycles. The van der Waals surface area contributed by atoms with E-state index in [2.05, 4.69) is 13.2 Å². The minimum atomic E-state index is -2.76. The van der Waals surface area contributed by atoms with Crippen LogP contribution >= 0.6 is 0 Å². The van der Waals surface area contributed by atoms with E-state index in [1.165, 1.54) is 61.9 Å². The first-order valence-electron chi connectivity index (χ1n) is 22.4. The van der Waals surface area contributed by atoms with Gasteiger partial charge in [-0.25, -0.2) is 0 Å². The van der Waals surface area contributed by atoms with Crippen molar-refractivity contribution in [3.8, 4) is 0 Å². The summed E-state index contributed by atoms with van der Waals surface area (Å²) >= 11 is 0. The van der Waals surface area contributed by atoms with Crippen molar-refractivity contribution in [3.63, 3.8) is 0 Å². The molecular weight excluding hydrogens is 844 g/mol. The number of hydrogen-bond acceptors (Lipinski definition) is 19. The first-order chi connectivity index (χ1) is 30.4. The van der Waals surface area contributed by atoms with E-state index >= 15 is 0 Å². The van der Waals surface area contributed by atoms with Crippen molar-refractivity contribution in [2.75, 3.05) is 116 Å². The molecule has 0 aliphatic carbocycles. The van der Waals surface area contributed by atoms with Gasteiger partial charge in [0.1, 0.15) is 5.60 Å². The van der Waals surface area contributed by atoms with Gasteiger partial charge < -0.3 is 85.3 Å². The van der Waals surface area contributed by atoms with Crippen LogP contribution < -0.4 is 0 Å². The van der Waals surface area contributed by atoms with Gasteiger partial charge in [0.25, 0.3) is 11.6 Å². The zero-order valence-electron chi connectivity index (χ0n) is 42.9. The lowest BCUT2D eigenvalue weighted by Crippen LogP contribution is -2.85. The smallest absolute Gasteiger partial charge is 0.351 e. The zero-order valence-corrected chi connectivity index (χ0v) is 42.9. The van der Waals surface area contributed by atoms with E-state index in [-0.39, 0.29) is 66.1 Å². The molecule has 0 aliphatic heterocycles. The molecule has 0 radical (unpaired) electrons. The molecule has 3 unspecified atom stereocenters. The quantitative estimate of drug-likeness (QED) is 0.0469. The molecule has 0 fully saturated rings. The minimum absolute atomic E-state index is 0.000735. The predicted octanol–water partition coefficient (Wildman–Crippen LogP) is 6.65. The molecule has 64 heavy (non-hydrogen) atoms. The molecule has 0 rings (SSSR count). The van der Waals surface area contributed by atoms with Gasteiger partial charge in [0.15, 0.2) is 11.9 Å². The molecule has 0 spiro atoms. The molecule has 0 bridgehead atoms. The normalized spacial score (nSPS) is 16.1. The molecule has 0 saturated carbocycles. The summed E-state index contributed by atoms with van der Waals surface area (Å²) in [6.07, 6.45) is 2.12. The van der Waals surface area contributed by atoms with Crippen LogP contribution in [0.3, 0.4) is 0 Å². The maximum atomic E-state index is 7.68. The van der Waals surface area contributed by atoms with Crippen LogP contribution in [0.1, 0.15) is 95.9 Å². The second-order valence-electron chi connectivity index (χ2n) is 14.0. The lowest BCUT2D eigenvalue weighted by atomic mass is 9.86. The van der Waals surface area contributed by atoms with Gasteiger partial charge in [-0.1, -0.05) is 26.5 Å². The van der Waals surface area contributed by atoms with Gasteiger partial charge in [-0.05, 0) is 88.2 Å². The highest BCUT2D eigenvalue weighted by molar-refractivity contribution is 5.19. The van der Waals surface area contributed by atoms with Crippen LogP contribution in [0.2, 0.25) is 0 Å². The van der Waals surface area contributed by atoms with Crippen LogP contribution in [-0.4, -0.2) is 174 Å². The van der Waals surface area contributed by atoms with E-state index in [0.717, 1.165) is 0 Å². The van der Waals surface area contributed by atoms with Crippen molar-refractivity contribution >= 4 is 0 Å². The molecule has 0 aromatic rings. The summed E-state index contributed by atoms with van der Waals surface area (Å²) in [6.45, 7) is 28.9. The molecule has 0 amide bonds. The maximum Gasteiger partial charge on any atom is 0.351 e. The Labute approximate surface area is 385 Å². The molecule has 19 nitrogen and oxygen atoms in total. The Bertz CT molecular complexity index is 1220. The van der Waals surface area contributed by atoms with Crippen LogP contribution in [0, 0.1) is 0 Å². The second kappa shape index (κ2) is 28.9. The fourth-order valence-electron chi connectivity index (χ4n) is 7.63. The van der Waals surface area contributed by atoms with Crippen molar-refractivity contribution in [1.82, 2.24) is 0 Å². The molecule has 0 aliphatic rings. The lowest BCUT2D eigenvalue weighted by molar-refractivity contribution is -0.625. The Kier molecular flexibility index (Phi) is 28.3. The molecule has 3 atom stereocenters. The van der Waals surface area contributed by atoms with E-state index in [1.54, 1.807) is 69.2 Å². The summed E-state index contributed by atoms with van der Waals surface area (Å²) < 4.78 is 126. The van der Waals surface area contributed by atoms with Crippen LogP contribution in [0.4, 0.5) is 0 Å². The first-order valence-corrected chi connectivity index (χ1v) is 22.4. The first kappa shape index (κ1) is 62.7. The van der Waals surface area contributed by atoms with E-state index in [0.29, 0.717) is 12.8 Å². The average Bonchev–Trinajstić information content (AvgIpc) is 3.30. The highest BCUT2D eigenvalue weighted by Crippen LogP contribution is 2.58. The second-order valence-corrected chi connectivity index (χ2v) is 14.0. The van der Waals surface area contributed by atoms with Gasteiger partial charge >= 0.3 is 23.7 Å². The van der Waals surface area contributed by atoms with Crippen LogP contribution in [0.15, 0.2) is 25.3 Å². The van der Waals surface area contributed by atoms with E-state index in [9.17, 15) is 0 Å². The van der Waals surface area contributed by atoms with Crippen molar-refractivity contribution in [3.05, 3.63) is 25.3 Å². The summed E-state index contributed by atoms with van der Waals surface area (Å²) in [4.78, 5) is 0. The van der Waals surface area contributed by atoms with Crippen LogP contribution in [0.25, 0.3) is 0 Å². The molecule has 382 valence electrons. The molecular formula is C45H88O19. The summed E-state index contributed by atoms with van der Waals surface area (Å²) in [6, 6.07) is 0. The van der Waals surface area contributed by atoms with Gasteiger partial charge in [0, 0.05) is 103 Å². The van der Waals surface area contributed by atoms with Gasteiger partial charge in [0.2, 0.25) is 5.79 Å². The Hall–Kier alpha value is -1.28. The Morgan fingerprint density at radius 2 is 0.781 bits per heavy atom. The molecule has 0 aromatic carbocycles. The third-order valence-corrected chi connectivity index (χ3v) is 10.4. The highest BCUT2D eigenvalue weighted by Gasteiger charge is 2.84. The number of hydrogen-bond donors (Lipinski definition) is 0. The Morgan fingerprint density at radius 1 is 0.406 bits per heavy atom. The summed E-state index contributed by atoms with van der Waals surface area (Å²) in [7, 11) is 9.56. The molecule has 0 saturated heterocycles. The Balaban J connectivity index is 10.2. The van der Waals surface area contributed by atoms with Crippen LogP contribution in [0.5, 0.6) is 0 Å². The van der Waals surface area contributed by atoms with Crippen molar-refractivity contribution in [1.29, 1.82) is 0 Å². The zero-order chi connectivity index (χ0) is 49.4. The van der Waals surface area contributed by atoms with Gasteiger partial charge in [-0.15, -0.1) is 6.58 Å². The van der Waals surface area contributed by atoms with E-state index in [1.807, 2.05) is 13.8 Å². The van der Waals surface area contributed by atoms with Gasteiger partial charge in [0.05, 0.1) is 13.2 Å². The van der Waals surface area contributed by atoms with Gasteiger partial charge in [-0.3, -0.25) is 4.74 Å². The SMILES string of the molecule is C=CC(C)(OC(OCC)(C(C=C)(OC)OC)C(OCC)(OCC)C(OCCC)(OCCC)OC(OC)(OC)C(OC)C(C)(OC)OC)C(OCC)(OCC)C(OCC)(OCC)OCC. The number of ether oxygens (including phenoxy) is 19. The number of rotatable bonds is 42. The summed E-state index contributed by atoms with van der Waals surface area (Å²) in [5, 5.41) is 0. The topological polar surface area (TPSA) is 175 Å². The van der Waals surface area contributed by atoms with Crippen LogP contribution in [-0.2, 0) is 90.0 Å². The average molecular weight is 933 g/mol. The summed E-state index contributed by atoms with van der Waals surface area (Å²) in [5.41, 5.74) is -2.10. The standard InChI is InChI=1S/C45H88O19/c1-22-34-61-45(62-35-23-2,64-40(51-20,52-21)36(46-15)38(14,47-16)48-17)43(56-29-8,57-30-9)42(55-28-7,39(25-4,49-18)50-19)63-37(13,24-3)41(53-26-5,54-27-6)44(58-31-10,59-32-11)60-33-12/h24-25,36H,3-4,22-23,26-35H2,1-2,5-21H3. The molecule has 19 heteroatoms. The van der Waals surface area contributed by atoms with E-state index < -0.39 is 58.6 Å². The highest BCUT2D eigenvalue weighted by atomic mass is 17.0. The predicted molar refractivity (Wildman–Crippen MR) is 237 cm³/mol. The molecule has 0 aromatic heterocycles. The van der Waals surface area contributed by atoms with Crippen molar-refractivity contribution in [2.45, 2.75) is 154 Å². The lowest BCUT2D eigenvalue weighted by Gasteiger charge is -2.63. The third-order valence-electron chi connectivity index (χ3n) is 10.4. The third kappa shape index (κ3) is 11.8. The fraction of sp³-hybridized carbons (Fsp3) is 0.911. The minimum Gasteiger partial charge on any atom is -0.368 e. The summed E-state index contributed by atoms with van der Waals surface area (Å²) in [5.74, 6) is -19.0. The van der Waals surface area contributed by atoms with Gasteiger partial charge in [-0.2, -0.15) is 0 Å². The maximum absolute atomic E-state index is 7.68. The Morgan fingerprint density at radius 3 is 1.06 bits per heavy atom. The fourth-order valence-corrected chi connectivity index (χ4v) is 7.63.